The highest BCUT2D eigenvalue weighted by atomic mass is 16.5. The first-order valence-corrected chi connectivity index (χ1v) is 7.19. The van der Waals surface area contributed by atoms with E-state index in [1.54, 1.807) is 7.11 Å². The van der Waals surface area contributed by atoms with Crippen molar-refractivity contribution >= 4 is 11.6 Å². The average molecular weight is 294 g/mol. The number of methoxy groups -OCH3 is 1. The second-order valence-electron chi connectivity index (χ2n) is 5.46. The number of amides is 1. The number of nitrogen functional groups attached to an aromatic ring is 1. The summed E-state index contributed by atoms with van der Waals surface area (Å²) in [6.45, 7) is 6.21. The van der Waals surface area contributed by atoms with Crippen LogP contribution in [0.3, 0.4) is 0 Å². The topological polar surface area (TPSA) is 73.6 Å². The van der Waals surface area contributed by atoms with Gasteiger partial charge in [-0.1, -0.05) is 12.1 Å². The highest BCUT2D eigenvalue weighted by Crippen LogP contribution is 2.24. The number of ether oxygens (including phenoxy) is 2. The summed E-state index contributed by atoms with van der Waals surface area (Å²) in [6.07, 6.45) is 0.785. The molecule has 0 spiro atoms. The number of nitrogens with two attached hydrogens (primary N) is 1. The zero-order valence-electron chi connectivity index (χ0n) is 13.1. The molecule has 21 heavy (non-hydrogen) atoms. The van der Waals surface area contributed by atoms with Crippen molar-refractivity contribution in [3.05, 3.63) is 29.8 Å². The summed E-state index contributed by atoms with van der Waals surface area (Å²) in [5.74, 6) is 0.00385. The lowest BCUT2D eigenvalue weighted by atomic mass is 9.83. The Morgan fingerprint density at radius 2 is 1.86 bits per heavy atom. The molecule has 0 aliphatic carbocycles. The molecule has 3 N–H and O–H groups in total. The summed E-state index contributed by atoms with van der Waals surface area (Å²) >= 11 is 0. The van der Waals surface area contributed by atoms with Crippen LogP contribution in [-0.2, 0) is 19.7 Å². The van der Waals surface area contributed by atoms with Gasteiger partial charge >= 0.3 is 0 Å². The van der Waals surface area contributed by atoms with E-state index in [0.29, 0.717) is 32.1 Å². The molecule has 0 fully saturated rings. The normalized spacial score (nSPS) is 11.4. The van der Waals surface area contributed by atoms with Crippen LogP contribution in [0.2, 0.25) is 0 Å². The van der Waals surface area contributed by atoms with Gasteiger partial charge in [-0.2, -0.15) is 0 Å². The number of nitrogens with one attached hydrogen (secondary N) is 1. The van der Waals surface area contributed by atoms with Crippen LogP contribution in [0.15, 0.2) is 24.3 Å². The molecule has 0 saturated carbocycles. The molecule has 5 nitrogen and oxygen atoms in total. The summed E-state index contributed by atoms with van der Waals surface area (Å²) in [6, 6.07) is 7.41. The van der Waals surface area contributed by atoms with Crippen molar-refractivity contribution in [1.29, 1.82) is 0 Å². The second kappa shape index (κ2) is 8.64. The van der Waals surface area contributed by atoms with Crippen LogP contribution >= 0.6 is 0 Å². The van der Waals surface area contributed by atoms with E-state index in [1.165, 1.54) is 0 Å². The number of carbonyl (C=O) groups excluding carboxylic acids is 1. The van der Waals surface area contributed by atoms with Gasteiger partial charge in [0.1, 0.15) is 0 Å². The van der Waals surface area contributed by atoms with Gasteiger partial charge in [0.05, 0.1) is 18.6 Å². The fourth-order valence-electron chi connectivity index (χ4n) is 1.87. The van der Waals surface area contributed by atoms with E-state index in [-0.39, 0.29) is 5.91 Å². The lowest BCUT2D eigenvalue weighted by molar-refractivity contribution is -0.125. The Morgan fingerprint density at radius 3 is 2.48 bits per heavy atom. The van der Waals surface area contributed by atoms with Crippen LogP contribution < -0.4 is 11.1 Å². The molecule has 1 amide bonds. The first-order chi connectivity index (χ1) is 9.98. The third kappa shape index (κ3) is 5.73. The Balaban J connectivity index is 2.35. The minimum absolute atomic E-state index is 0.00385. The van der Waals surface area contributed by atoms with Crippen molar-refractivity contribution in [3.63, 3.8) is 0 Å². The van der Waals surface area contributed by atoms with Gasteiger partial charge < -0.3 is 20.5 Å². The largest absolute Gasteiger partial charge is 0.399 e. The molecule has 0 bridgehead atoms. The number of hydrogen-bond donors (Lipinski definition) is 2. The van der Waals surface area contributed by atoms with Crippen molar-refractivity contribution in [3.8, 4) is 0 Å². The SMILES string of the molecule is COCCOCCCNC(=O)C(C)(C)c1ccc(N)cc1. The first-order valence-electron chi connectivity index (χ1n) is 7.19. The summed E-state index contributed by atoms with van der Waals surface area (Å²) in [5.41, 5.74) is 6.74. The molecule has 5 heteroatoms. The van der Waals surface area contributed by atoms with Gasteiger partial charge in [0, 0.05) is 25.9 Å². The van der Waals surface area contributed by atoms with E-state index in [1.807, 2.05) is 38.1 Å². The van der Waals surface area contributed by atoms with E-state index in [0.717, 1.165) is 12.0 Å². The molecule has 0 heterocycles. The van der Waals surface area contributed by atoms with Crippen LogP contribution in [-0.4, -0.2) is 39.4 Å². The van der Waals surface area contributed by atoms with Crippen molar-refractivity contribution in [2.75, 3.05) is 39.2 Å². The number of rotatable bonds is 9. The van der Waals surface area contributed by atoms with E-state index in [4.69, 9.17) is 15.2 Å². The quantitative estimate of drug-likeness (QED) is 0.537. The van der Waals surface area contributed by atoms with Crippen LogP contribution in [0.25, 0.3) is 0 Å². The van der Waals surface area contributed by atoms with E-state index in [2.05, 4.69) is 5.32 Å². The highest BCUT2D eigenvalue weighted by molar-refractivity contribution is 5.87. The maximum atomic E-state index is 12.3. The lowest BCUT2D eigenvalue weighted by Crippen LogP contribution is -2.40. The number of benzene rings is 1. The monoisotopic (exact) mass is 294 g/mol. The van der Waals surface area contributed by atoms with Gasteiger partial charge in [-0.15, -0.1) is 0 Å². The molecule has 0 atom stereocenters. The number of hydrogen-bond acceptors (Lipinski definition) is 4. The molecule has 0 aromatic heterocycles. The summed E-state index contributed by atoms with van der Waals surface area (Å²) < 4.78 is 10.2. The number of carbonyl (C=O) groups is 1. The van der Waals surface area contributed by atoms with Crippen LogP contribution in [0.5, 0.6) is 0 Å². The van der Waals surface area contributed by atoms with Gasteiger partial charge in [-0.3, -0.25) is 4.79 Å². The van der Waals surface area contributed by atoms with Crippen molar-refractivity contribution in [1.82, 2.24) is 5.32 Å². The van der Waals surface area contributed by atoms with Gasteiger partial charge in [-0.25, -0.2) is 0 Å². The minimum Gasteiger partial charge on any atom is -0.399 e. The lowest BCUT2D eigenvalue weighted by Gasteiger charge is -2.24. The standard InChI is InChI=1S/C16H26N2O3/c1-16(2,13-5-7-14(17)8-6-13)15(19)18-9-4-10-21-12-11-20-3/h5-8H,4,9-12,17H2,1-3H3,(H,18,19). The fraction of sp³-hybridized carbons (Fsp3) is 0.562. The van der Waals surface area contributed by atoms with Crippen LogP contribution in [0.1, 0.15) is 25.8 Å². The second-order valence-corrected chi connectivity index (χ2v) is 5.46. The molecule has 0 aliphatic heterocycles. The summed E-state index contributed by atoms with van der Waals surface area (Å²) in [5, 5.41) is 2.95. The Bertz CT molecular complexity index is 430. The number of anilines is 1. The molecule has 118 valence electrons. The third-order valence-electron chi connectivity index (χ3n) is 3.38. The van der Waals surface area contributed by atoms with E-state index in [9.17, 15) is 4.79 Å². The van der Waals surface area contributed by atoms with Gasteiger partial charge in [0.2, 0.25) is 5.91 Å². The fourth-order valence-corrected chi connectivity index (χ4v) is 1.87. The molecule has 0 aliphatic rings. The predicted molar refractivity (Wildman–Crippen MR) is 84.2 cm³/mol. The van der Waals surface area contributed by atoms with Crippen molar-refractivity contribution in [2.45, 2.75) is 25.7 Å². The smallest absolute Gasteiger partial charge is 0.230 e. The van der Waals surface area contributed by atoms with Crippen molar-refractivity contribution in [2.24, 2.45) is 0 Å². The Labute approximate surface area is 126 Å². The maximum absolute atomic E-state index is 12.3. The predicted octanol–water partition coefficient (Wildman–Crippen LogP) is 1.72. The van der Waals surface area contributed by atoms with Crippen molar-refractivity contribution < 1.29 is 14.3 Å². The Morgan fingerprint density at radius 1 is 1.19 bits per heavy atom. The zero-order chi connectivity index (χ0) is 15.7. The first kappa shape index (κ1) is 17.5. The Kier molecular flexibility index (Phi) is 7.19. The average Bonchev–Trinajstić information content (AvgIpc) is 2.46. The minimum atomic E-state index is -0.579. The zero-order valence-corrected chi connectivity index (χ0v) is 13.1. The van der Waals surface area contributed by atoms with Gasteiger partial charge in [0.25, 0.3) is 0 Å². The van der Waals surface area contributed by atoms with Gasteiger partial charge in [0.15, 0.2) is 0 Å². The molecule has 0 radical (unpaired) electrons. The summed E-state index contributed by atoms with van der Waals surface area (Å²) in [7, 11) is 1.64. The van der Waals surface area contributed by atoms with E-state index < -0.39 is 5.41 Å². The Hall–Kier alpha value is -1.59. The molecular formula is C16H26N2O3. The molecule has 1 aromatic carbocycles. The summed E-state index contributed by atoms with van der Waals surface area (Å²) in [4.78, 5) is 12.3. The molecule has 1 rings (SSSR count). The van der Waals surface area contributed by atoms with Gasteiger partial charge in [-0.05, 0) is 38.0 Å². The highest BCUT2D eigenvalue weighted by Gasteiger charge is 2.29. The van der Waals surface area contributed by atoms with E-state index >= 15 is 0 Å². The maximum Gasteiger partial charge on any atom is 0.230 e. The van der Waals surface area contributed by atoms with Crippen LogP contribution in [0.4, 0.5) is 5.69 Å². The third-order valence-corrected chi connectivity index (χ3v) is 3.38. The van der Waals surface area contributed by atoms with Crippen LogP contribution in [0, 0.1) is 0 Å². The molecule has 1 aromatic rings. The molecule has 0 saturated heterocycles. The molecule has 0 unspecified atom stereocenters. The molecular weight excluding hydrogens is 268 g/mol.